The van der Waals surface area contributed by atoms with Gasteiger partial charge in [0.15, 0.2) is 0 Å². The fourth-order valence-corrected chi connectivity index (χ4v) is 1.84. The molecule has 0 saturated heterocycles. The summed E-state index contributed by atoms with van der Waals surface area (Å²) in [6.07, 6.45) is 0. The van der Waals surface area contributed by atoms with Gasteiger partial charge in [0.2, 0.25) is 41.6 Å². The van der Waals surface area contributed by atoms with Crippen molar-refractivity contribution >= 4 is 41.6 Å². The summed E-state index contributed by atoms with van der Waals surface area (Å²) in [6, 6.07) is 0. The van der Waals surface area contributed by atoms with Crippen LogP contribution in [0.2, 0.25) is 0 Å². The van der Waals surface area contributed by atoms with E-state index >= 15 is 0 Å². The quantitative estimate of drug-likeness (QED) is 0.312. The van der Waals surface area contributed by atoms with E-state index in [1.54, 1.807) is 0 Å². The number of quaternary nitrogens is 1. The van der Waals surface area contributed by atoms with Crippen LogP contribution in [0.1, 0.15) is 0 Å². The van der Waals surface area contributed by atoms with Gasteiger partial charge in [0.25, 0.3) is 0 Å². The zero-order valence-corrected chi connectivity index (χ0v) is 15.0. The van der Waals surface area contributed by atoms with Crippen molar-refractivity contribution < 1.29 is 91.8 Å². The molecule has 0 radical (unpaired) electrons. The van der Waals surface area contributed by atoms with Crippen LogP contribution in [0.25, 0.3) is 0 Å². The molecule has 0 heterocycles. The van der Waals surface area contributed by atoms with E-state index in [-0.39, 0.29) is 38.9 Å². The average Bonchev–Trinajstić information content (AvgIpc) is 1.64. The van der Waals surface area contributed by atoms with E-state index in [2.05, 4.69) is 7.26 Å². The topological polar surface area (TPSA) is 284 Å². The van der Waals surface area contributed by atoms with Gasteiger partial charge in [0, 0.05) is 0 Å². The van der Waals surface area contributed by atoms with Crippen LogP contribution in [-0.4, -0.2) is 51.9 Å². The van der Waals surface area contributed by atoms with E-state index in [4.69, 9.17) is 0 Å². The zero-order valence-electron chi connectivity index (χ0n) is 8.93. The van der Waals surface area contributed by atoms with Crippen LogP contribution in [0, 0.1) is 0 Å². The largest absolute Gasteiger partial charge is 3.00 e. The molecule has 0 aromatic carbocycles. The summed E-state index contributed by atoms with van der Waals surface area (Å²) in [5, 5.41) is 0. The Morgan fingerprint density at radius 3 is 0.600 bits per heavy atom. The Bertz CT molecular complexity index is 537. The Hall–Kier alpha value is 0.624. The van der Waals surface area contributed by atoms with E-state index in [0.717, 1.165) is 0 Å². The number of hydrogen-bond donors (Lipinski definition) is 1. The van der Waals surface area contributed by atoms with Crippen molar-refractivity contribution in [3.63, 3.8) is 0 Å². The first-order valence-corrected chi connectivity index (χ1v) is 8.00. The molecule has 120 valence electrons. The molecule has 15 nitrogen and oxygen atoms in total. The summed E-state index contributed by atoms with van der Waals surface area (Å²) in [6.45, 7) is 0. The zero-order chi connectivity index (χ0) is 15.4. The molecule has 20 heteroatoms. The van der Waals surface area contributed by atoms with Crippen LogP contribution in [0.5, 0.6) is 0 Å². The molecule has 0 fully saturated rings. The van der Waals surface area contributed by atoms with Gasteiger partial charge in [0.05, 0.1) is 0 Å². The Morgan fingerprint density at radius 2 is 0.600 bits per heavy atom. The minimum Gasteiger partial charge on any atom is -0.725 e. The summed E-state index contributed by atoms with van der Waals surface area (Å²) < 4.78 is 116. The first-order valence-electron chi connectivity index (χ1n) is 2.67. The smallest absolute Gasteiger partial charge is 0.725 e. The second-order valence-corrected chi connectivity index (χ2v) is 6.12. The van der Waals surface area contributed by atoms with Crippen molar-refractivity contribution in [1.29, 1.82) is 0 Å². The second kappa shape index (κ2) is 9.60. The number of rotatable bonds is 4. The third-order valence-electron chi connectivity index (χ3n) is 0.333. The maximum Gasteiger partial charge on any atom is 3.00 e. The third kappa shape index (κ3) is 36.3. The molecule has 20 heavy (non-hydrogen) atoms. The van der Waals surface area contributed by atoms with Crippen LogP contribution in [-0.2, 0) is 81.6 Å². The van der Waals surface area contributed by atoms with Gasteiger partial charge < -0.3 is 24.4 Å². The van der Waals surface area contributed by atoms with Gasteiger partial charge in [-0.05, 0) is 0 Å². The first-order chi connectivity index (χ1) is 7.41. The van der Waals surface area contributed by atoms with Gasteiger partial charge in [-0.25, -0.2) is 33.7 Å². The van der Waals surface area contributed by atoms with Gasteiger partial charge >= 0.3 is 32.7 Å². The van der Waals surface area contributed by atoms with Crippen LogP contribution in [0.4, 0.5) is 0 Å². The van der Waals surface area contributed by atoms with Crippen molar-refractivity contribution in [2.75, 3.05) is 0 Å². The first kappa shape index (κ1) is 28.7. The predicted octanol–water partition coefficient (Wildman–Crippen LogP) is -3.78. The Morgan fingerprint density at radius 1 is 0.500 bits per heavy atom. The average molecular weight is 459 g/mol. The molecule has 0 amide bonds. The Kier molecular flexibility index (Phi) is 13.8. The van der Waals surface area contributed by atoms with Crippen LogP contribution in [0.3, 0.4) is 0 Å². The minimum atomic E-state index is -5.43. The third-order valence-corrected chi connectivity index (χ3v) is 3.00. The van der Waals surface area contributed by atoms with Gasteiger partial charge in [-0.2, -0.15) is 7.26 Å². The monoisotopic (exact) mass is 459 g/mol. The van der Waals surface area contributed by atoms with Crippen molar-refractivity contribution in [1.82, 2.24) is 6.15 Å². The number of hydrogen-bond acceptors (Lipinski definition) is 14. The molecule has 0 saturated carbocycles. The fourth-order valence-electron chi connectivity index (χ4n) is 0.204. The standard InChI is InChI=1S/H3N.2H2O7S2.Y/c;2*1-8(2,3)7-9(4,5)6;/h1H3;2*(H,1,2,3)(H,4,5,6);/q;;;+3/p-3. The predicted molar refractivity (Wildman–Crippen MR) is 46.9 cm³/mol. The van der Waals surface area contributed by atoms with E-state index in [9.17, 15) is 51.9 Å². The summed E-state index contributed by atoms with van der Waals surface area (Å²) in [7, 11) is -21.7. The van der Waals surface area contributed by atoms with E-state index in [0.29, 0.717) is 0 Å². The minimum absolute atomic E-state index is 0. The molecule has 0 spiro atoms. The molecule has 0 rings (SSSR count). The van der Waals surface area contributed by atoms with Crippen LogP contribution < -0.4 is 6.15 Å². The second-order valence-electron chi connectivity index (χ2n) is 1.77. The molecule has 0 bridgehead atoms. The normalized spacial score (nSPS) is 12.2. The SMILES string of the molecule is O=S(=O)([O-])OS(=O)(=O)[O-].O=S(=O)([O-])OS(=O)(=O)[O-].[NH4+].[Y+3]. The molecule has 4 N–H and O–H groups in total. The van der Waals surface area contributed by atoms with Crippen molar-refractivity contribution in [2.24, 2.45) is 0 Å². The molecule has 0 atom stereocenters. The maximum atomic E-state index is 9.29. The molecule has 0 aliphatic carbocycles. The molecule has 0 aliphatic heterocycles. The van der Waals surface area contributed by atoms with Gasteiger partial charge in [-0.15, -0.1) is 0 Å². The molecule has 0 aliphatic rings. The van der Waals surface area contributed by atoms with Crippen molar-refractivity contribution in [3.05, 3.63) is 0 Å². The van der Waals surface area contributed by atoms with Gasteiger partial charge in [0.1, 0.15) is 0 Å². The van der Waals surface area contributed by atoms with Crippen molar-refractivity contribution in [2.45, 2.75) is 0 Å². The molecule has 0 aromatic rings. The Balaban J connectivity index is -0.000000116. The molecule has 0 unspecified atom stereocenters. The maximum absolute atomic E-state index is 9.29. The van der Waals surface area contributed by atoms with E-state index < -0.39 is 41.6 Å². The summed E-state index contributed by atoms with van der Waals surface area (Å²) in [5.41, 5.74) is 0. The summed E-state index contributed by atoms with van der Waals surface area (Å²) in [4.78, 5) is 0. The van der Waals surface area contributed by atoms with Crippen LogP contribution >= 0.6 is 0 Å². The van der Waals surface area contributed by atoms with E-state index in [1.807, 2.05) is 0 Å². The molecular weight excluding hydrogens is 455 g/mol. The summed E-state index contributed by atoms with van der Waals surface area (Å²) in [5.74, 6) is 0. The van der Waals surface area contributed by atoms with Gasteiger partial charge in [-0.1, -0.05) is 0 Å². The van der Waals surface area contributed by atoms with Crippen molar-refractivity contribution in [3.8, 4) is 0 Å². The summed E-state index contributed by atoms with van der Waals surface area (Å²) >= 11 is 0. The molecule has 0 aromatic heterocycles. The Labute approximate surface area is 138 Å². The molecular formula is H4NO14S4Y. The van der Waals surface area contributed by atoms with Gasteiger partial charge in [-0.3, -0.25) is 0 Å². The fraction of sp³-hybridized carbons (Fsp3) is 0. The van der Waals surface area contributed by atoms with E-state index in [1.165, 1.54) is 0 Å². The van der Waals surface area contributed by atoms with Crippen LogP contribution in [0.15, 0.2) is 0 Å².